The van der Waals surface area contributed by atoms with Crippen LogP contribution in [0, 0.1) is 21.8 Å². The first-order chi connectivity index (χ1) is 11.1. The summed E-state index contributed by atoms with van der Waals surface area (Å²) in [6.07, 6.45) is 3.11. The van der Waals surface area contributed by atoms with Gasteiger partial charge >= 0.3 is 0 Å². The summed E-state index contributed by atoms with van der Waals surface area (Å²) in [6, 6.07) is 3.93. The number of benzene rings is 1. The Morgan fingerprint density at radius 2 is 1.96 bits per heavy atom. The lowest BCUT2D eigenvalue weighted by Gasteiger charge is -2.38. The maximum Gasteiger partial charge on any atom is 0.276 e. The van der Waals surface area contributed by atoms with Crippen LogP contribution < -0.4 is 0 Å². The average molecular weight is 321 g/mol. The van der Waals surface area contributed by atoms with Gasteiger partial charge in [-0.1, -0.05) is 12.5 Å². The molecule has 1 amide bonds. The molecule has 6 nitrogen and oxygen atoms in total. The summed E-state index contributed by atoms with van der Waals surface area (Å²) in [6.45, 7) is 2.65. The molecule has 0 N–H and O–H groups in total. The molecule has 1 saturated heterocycles. The van der Waals surface area contributed by atoms with E-state index in [0.717, 1.165) is 19.3 Å². The normalized spacial score (nSPS) is 19.4. The second-order valence-electron chi connectivity index (χ2n) is 6.22. The number of halogens is 1. The number of hydrogen-bond acceptors (Lipinski definition) is 4. The Kier molecular flexibility index (Phi) is 4.56. The fourth-order valence-corrected chi connectivity index (χ4v) is 3.14. The summed E-state index contributed by atoms with van der Waals surface area (Å²) in [7, 11) is 0. The molecule has 0 unspecified atom stereocenters. The quantitative estimate of drug-likeness (QED) is 0.630. The number of nitro benzene ring substituents is 1. The highest BCUT2D eigenvalue weighted by Gasteiger charge is 2.31. The van der Waals surface area contributed by atoms with Crippen molar-refractivity contribution in [2.24, 2.45) is 5.92 Å². The Balaban J connectivity index is 1.61. The van der Waals surface area contributed by atoms with Crippen molar-refractivity contribution in [1.29, 1.82) is 0 Å². The summed E-state index contributed by atoms with van der Waals surface area (Å²) in [4.78, 5) is 26.5. The molecule has 0 radical (unpaired) electrons. The first kappa shape index (κ1) is 15.9. The third-order valence-electron chi connectivity index (χ3n) is 4.81. The molecular formula is C16H20FN3O3. The van der Waals surface area contributed by atoms with E-state index < -0.39 is 10.7 Å². The fraction of sp³-hybridized carbons (Fsp3) is 0.562. The third-order valence-corrected chi connectivity index (χ3v) is 4.81. The minimum atomic E-state index is -0.549. The zero-order chi connectivity index (χ0) is 16.4. The van der Waals surface area contributed by atoms with Gasteiger partial charge in [0.25, 0.3) is 5.69 Å². The van der Waals surface area contributed by atoms with Gasteiger partial charge < -0.3 is 4.90 Å². The smallest absolute Gasteiger partial charge is 0.276 e. The molecule has 1 aliphatic carbocycles. The van der Waals surface area contributed by atoms with Crippen molar-refractivity contribution in [3.8, 4) is 0 Å². The highest BCUT2D eigenvalue weighted by Crippen LogP contribution is 2.29. The van der Waals surface area contributed by atoms with E-state index in [2.05, 4.69) is 0 Å². The number of nitro groups is 1. The van der Waals surface area contributed by atoms with Gasteiger partial charge in [0.15, 0.2) is 0 Å². The van der Waals surface area contributed by atoms with E-state index in [-0.39, 0.29) is 29.6 Å². The van der Waals surface area contributed by atoms with Gasteiger partial charge in [-0.3, -0.25) is 19.8 Å². The van der Waals surface area contributed by atoms with E-state index >= 15 is 0 Å². The van der Waals surface area contributed by atoms with Gasteiger partial charge in [-0.2, -0.15) is 0 Å². The summed E-state index contributed by atoms with van der Waals surface area (Å²) in [5, 5.41) is 11.0. The number of carbonyl (C=O) groups excluding carboxylic acids is 1. The number of rotatable bonds is 4. The number of nitrogens with zero attached hydrogens (tertiary/aromatic N) is 3. The summed E-state index contributed by atoms with van der Waals surface area (Å²) in [5.74, 6) is -0.130. The van der Waals surface area contributed by atoms with E-state index in [1.165, 1.54) is 18.2 Å². The van der Waals surface area contributed by atoms with Crippen LogP contribution in [-0.2, 0) is 11.3 Å². The number of carbonyl (C=O) groups is 1. The topological polar surface area (TPSA) is 66.7 Å². The van der Waals surface area contributed by atoms with Crippen LogP contribution in [0.5, 0.6) is 0 Å². The molecule has 1 aromatic carbocycles. The SMILES string of the molecule is O=C(C1CCC1)N1CCN(Cc2c(F)cccc2[N+](=O)[O-])CC1. The Hall–Kier alpha value is -2.02. The van der Waals surface area contributed by atoms with Crippen molar-refractivity contribution >= 4 is 11.6 Å². The zero-order valence-electron chi connectivity index (χ0n) is 12.9. The molecule has 2 aliphatic rings. The van der Waals surface area contributed by atoms with E-state index in [1.54, 1.807) is 0 Å². The molecule has 0 bridgehead atoms. The lowest BCUT2D eigenvalue weighted by atomic mass is 9.84. The van der Waals surface area contributed by atoms with E-state index in [1.807, 2.05) is 9.80 Å². The Labute approximate surface area is 134 Å². The zero-order valence-corrected chi connectivity index (χ0v) is 12.9. The average Bonchev–Trinajstić information content (AvgIpc) is 2.48. The van der Waals surface area contributed by atoms with Crippen molar-refractivity contribution in [2.75, 3.05) is 26.2 Å². The van der Waals surface area contributed by atoms with Crippen molar-refractivity contribution in [1.82, 2.24) is 9.80 Å². The lowest BCUT2D eigenvalue weighted by Crippen LogP contribution is -2.50. The molecule has 23 heavy (non-hydrogen) atoms. The highest BCUT2D eigenvalue weighted by atomic mass is 19.1. The maximum absolute atomic E-state index is 13.9. The first-order valence-electron chi connectivity index (χ1n) is 7.99. The van der Waals surface area contributed by atoms with E-state index in [0.29, 0.717) is 26.2 Å². The van der Waals surface area contributed by atoms with Crippen molar-refractivity contribution in [3.63, 3.8) is 0 Å². The second kappa shape index (κ2) is 6.62. The molecule has 124 valence electrons. The molecule has 1 heterocycles. The molecule has 0 atom stereocenters. The Morgan fingerprint density at radius 1 is 1.26 bits per heavy atom. The van der Waals surface area contributed by atoms with Gasteiger partial charge in [-0.15, -0.1) is 0 Å². The molecule has 1 saturated carbocycles. The van der Waals surface area contributed by atoms with Crippen LogP contribution in [0.1, 0.15) is 24.8 Å². The standard InChI is InChI=1S/C16H20FN3O3/c17-14-5-2-6-15(20(22)23)13(14)11-18-7-9-19(10-8-18)16(21)12-3-1-4-12/h2,5-6,12H,1,3-4,7-11H2. The van der Waals surface area contributed by atoms with Gasteiger partial charge in [0.1, 0.15) is 5.82 Å². The van der Waals surface area contributed by atoms with Crippen LogP contribution in [0.2, 0.25) is 0 Å². The Bertz CT molecular complexity index is 611. The van der Waals surface area contributed by atoms with Crippen LogP contribution in [-0.4, -0.2) is 46.8 Å². The second-order valence-corrected chi connectivity index (χ2v) is 6.22. The fourth-order valence-electron chi connectivity index (χ4n) is 3.14. The van der Waals surface area contributed by atoms with E-state index in [4.69, 9.17) is 0 Å². The molecule has 7 heteroatoms. The minimum absolute atomic E-state index is 0.122. The van der Waals surface area contributed by atoms with Gasteiger partial charge in [-0.25, -0.2) is 4.39 Å². The largest absolute Gasteiger partial charge is 0.340 e. The minimum Gasteiger partial charge on any atom is -0.340 e. The molecule has 0 spiro atoms. The monoisotopic (exact) mass is 321 g/mol. The van der Waals surface area contributed by atoms with Gasteiger partial charge in [-0.05, 0) is 18.9 Å². The van der Waals surface area contributed by atoms with Gasteiger partial charge in [0.05, 0.1) is 10.5 Å². The molecule has 2 fully saturated rings. The predicted octanol–water partition coefficient (Wildman–Crippen LogP) is 2.18. The van der Waals surface area contributed by atoms with Gasteiger partial charge in [0, 0.05) is 44.7 Å². The third kappa shape index (κ3) is 3.34. The van der Waals surface area contributed by atoms with Crippen molar-refractivity contribution < 1.29 is 14.1 Å². The van der Waals surface area contributed by atoms with Crippen LogP contribution in [0.15, 0.2) is 18.2 Å². The van der Waals surface area contributed by atoms with E-state index in [9.17, 15) is 19.3 Å². The number of hydrogen-bond donors (Lipinski definition) is 0. The van der Waals surface area contributed by atoms with Crippen LogP contribution in [0.3, 0.4) is 0 Å². The summed E-state index contributed by atoms with van der Waals surface area (Å²) >= 11 is 0. The van der Waals surface area contributed by atoms with Crippen molar-refractivity contribution in [3.05, 3.63) is 39.7 Å². The maximum atomic E-state index is 13.9. The number of amides is 1. The van der Waals surface area contributed by atoms with Crippen molar-refractivity contribution in [2.45, 2.75) is 25.8 Å². The highest BCUT2D eigenvalue weighted by molar-refractivity contribution is 5.79. The molecule has 0 aromatic heterocycles. The van der Waals surface area contributed by atoms with Crippen LogP contribution >= 0.6 is 0 Å². The summed E-state index contributed by atoms with van der Waals surface area (Å²) < 4.78 is 13.9. The molecule has 1 aliphatic heterocycles. The Morgan fingerprint density at radius 3 is 2.52 bits per heavy atom. The summed E-state index contributed by atoms with van der Waals surface area (Å²) in [5.41, 5.74) is -0.0609. The van der Waals surface area contributed by atoms with Crippen LogP contribution in [0.25, 0.3) is 0 Å². The first-order valence-corrected chi connectivity index (χ1v) is 7.99. The number of piperazine rings is 1. The molecule has 3 rings (SSSR count). The predicted molar refractivity (Wildman–Crippen MR) is 82.3 cm³/mol. The molecule has 1 aromatic rings. The van der Waals surface area contributed by atoms with Gasteiger partial charge in [0.2, 0.25) is 5.91 Å². The lowest BCUT2D eigenvalue weighted by molar-refractivity contribution is -0.386. The molecular weight excluding hydrogens is 301 g/mol. The van der Waals surface area contributed by atoms with Crippen LogP contribution in [0.4, 0.5) is 10.1 Å².